The highest BCUT2D eigenvalue weighted by Crippen LogP contribution is 2.19. The van der Waals surface area contributed by atoms with Crippen LogP contribution in [0, 0.1) is 5.82 Å². The van der Waals surface area contributed by atoms with Crippen molar-refractivity contribution in [1.29, 1.82) is 0 Å². The molecule has 1 aliphatic heterocycles. The molecule has 21 heavy (non-hydrogen) atoms. The first kappa shape index (κ1) is 14.9. The van der Waals surface area contributed by atoms with E-state index in [0.717, 1.165) is 0 Å². The molecule has 1 aromatic carbocycles. The van der Waals surface area contributed by atoms with Crippen LogP contribution >= 0.6 is 0 Å². The zero-order valence-electron chi connectivity index (χ0n) is 11.7. The van der Waals surface area contributed by atoms with Crippen LogP contribution in [0.1, 0.15) is 19.4 Å². The lowest BCUT2D eigenvalue weighted by Gasteiger charge is -2.39. The molecule has 1 aliphatic rings. The van der Waals surface area contributed by atoms with Crippen LogP contribution in [0.5, 0.6) is 0 Å². The highest BCUT2D eigenvalue weighted by Gasteiger charge is 2.42. The number of halogens is 1. The van der Waals surface area contributed by atoms with Crippen LogP contribution in [0.4, 0.5) is 4.39 Å². The lowest BCUT2D eigenvalue weighted by atomic mass is 9.98. The first-order valence-corrected chi connectivity index (χ1v) is 6.40. The second-order valence-corrected chi connectivity index (χ2v) is 5.25. The van der Waals surface area contributed by atoms with Crippen molar-refractivity contribution in [1.82, 2.24) is 10.2 Å². The van der Waals surface area contributed by atoms with Crippen LogP contribution in [0.2, 0.25) is 0 Å². The Balaban J connectivity index is 2.16. The molecule has 110 valence electrons. The average Bonchev–Trinajstić information content (AvgIpc) is 2.42. The number of hydrogen-bond donors (Lipinski definition) is 1. The number of piperazine rings is 1. The number of nitrogens with zero attached hydrogens (tertiary/aromatic N) is 1. The van der Waals surface area contributed by atoms with Crippen LogP contribution in [0.25, 0.3) is 6.08 Å². The predicted octanol–water partition coefficient (Wildman–Crippen LogP) is 1.10. The van der Waals surface area contributed by atoms with Crippen LogP contribution in [0.3, 0.4) is 0 Å². The van der Waals surface area contributed by atoms with Crippen molar-refractivity contribution in [2.24, 2.45) is 0 Å². The fourth-order valence-corrected chi connectivity index (χ4v) is 1.97. The van der Waals surface area contributed by atoms with E-state index in [2.05, 4.69) is 5.32 Å². The maximum Gasteiger partial charge on any atom is 0.252 e. The minimum absolute atomic E-state index is 0.175. The van der Waals surface area contributed by atoms with Crippen LogP contribution in [-0.2, 0) is 14.4 Å². The van der Waals surface area contributed by atoms with Gasteiger partial charge in [-0.3, -0.25) is 19.7 Å². The minimum atomic E-state index is -1.10. The molecule has 0 aliphatic carbocycles. The predicted molar refractivity (Wildman–Crippen MR) is 74.4 cm³/mol. The first-order chi connectivity index (χ1) is 9.80. The summed E-state index contributed by atoms with van der Waals surface area (Å²) in [5.41, 5.74) is -0.451. The maximum atomic E-state index is 12.8. The third-order valence-electron chi connectivity index (χ3n) is 3.34. The van der Waals surface area contributed by atoms with Crippen LogP contribution in [0.15, 0.2) is 30.3 Å². The summed E-state index contributed by atoms with van der Waals surface area (Å²) >= 11 is 0. The third kappa shape index (κ3) is 3.16. The molecule has 0 saturated carbocycles. The molecule has 3 amide bonds. The van der Waals surface area contributed by atoms with E-state index in [9.17, 15) is 18.8 Å². The average molecular weight is 290 g/mol. The number of carbonyl (C=O) groups excluding carboxylic acids is 3. The Bertz CT molecular complexity index is 620. The smallest absolute Gasteiger partial charge is 0.252 e. The topological polar surface area (TPSA) is 66.5 Å². The molecule has 0 unspecified atom stereocenters. The monoisotopic (exact) mass is 290 g/mol. The van der Waals surface area contributed by atoms with Gasteiger partial charge in [0.25, 0.3) is 5.91 Å². The fraction of sp³-hybridized carbons (Fsp3) is 0.267. The van der Waals surface area contributed by atoms with E-state index >= 15 is 0 Å². The Hall–Kier alpha value is -2.50. The van der Waals surface area contributed by atoms with Gasteiger partial charge in [-0.1, -0.05) is 12.1 Å². The summed E-state index contributed by atoms with van der Waals surface area (Å²) in [6, 6.07) is 5.62. The Labute approximate surface area is 121 Å². The van der Waals surface area contributed by atoms with Gasteiger partial charge in [0.15, 0.2) is 0 Å². The maximum absolute atomic E-state index is 12.8. The summed E-state index contributed by atoms with van der Waals surface area (Å²) in [6.07, 6.45) is 2.77. The summed E-state index contributed by atoms with van der Waals surface area (Å²) in [4.78, 5) is 36.5. The third-order valence-corrected chi connectivity index (χ3v) is 3.34. The second kappa shape index (κ2) is 5.47. The molecule has 1 saturated heterocycles. The van der Waals surface area contributed by atoms with Gasteiger partial charge in [-0.25, -0.2) is 4.39 Å². The summed E-state index contributed by atoms with van der Waals surface area (Å²) in [5.74, 6) is -1.84. The minimum Gasteiger partial charge on any atom is -0.316 e. The standard InChI is InChI=1S/C15H15FN2O3/c1-15(2)14(21)17-12(19)9-18(15)13(20)8-5-10-3-6-11(16)7-4-10/h3-8H,9H2,1-2H3,(H,17,19,21). The zero-order chi connectivity index (χ0) is 15.6. The van der Waals surface area contributed by atoms with E-state index in [1.807, 2.05) is 0 Å². The molecular weight excluding hydrogens is 275 g/mol. The highest BCUT2D eigenvalue weighted by molar-refractivity contribution is 6.08. The molecular formula is C15H15FN2O3. The van der Waals surface area contributed by atoms with E-state index in [0.29, 0.717) is 5.56 Å². The van der Waals surface area contributed by atoms with Gasteiger partial charge in [-0.05, 0) is 37.6 Å². The van der Waals surface area contributed by atoms with Crippen molar-refractivity contribution in [3.05, 3.63) is 41.7 Å². The van der Waals surface area contributed by atoms with Crippen molar-refractivity contribution in [3.63, 3.8) is 0 Å². The van der Waals surface area contributed by atoms with Crippen molar-refractivity contribution in [2.45, 2.75) is 19.4 Å². The Kier molecular flexibility index (Phi) is 3.88. The van der Waals surface area contributed by atoms with Gasteiger partial charge in [0.05, 0.1) is 0 Å². The van der Waals surface area contributed by atoms with Gasteiger partial charge in [0.2, 0.25) is 11.8 Å². The van der Waals surface area contributed by atoms with Gasteiger partial charge in [-0.2, -0.15) is 0 Å². The van der Waals surface area contributed by atoms with E-state index in [1.54, 1.807) is 13.8 Å². The quantitative estimate of drug-likeness (QED) is 0.655. The van der Waals surface area contributed by atoms with Gasteiger partial charge >= 0.3 is 0 Å². The number of rotatable bonds is 2. The SMILES string of the molecule is CC1(C)C(=O)NC(=O)CN1C(=O)C=Cc1ccc(F)cc1. The largest absolute Gasteiger partial charge is 0.316 e. The van der Waals surface area contributed by atoms with Crippen molar-refractivity contribution in [2.75, 3.05) is 6.54 Å². The summed E-state index contributed by atoms with van der Waals surface area (Å²) in [7, 11) is 0. The lowest BCUT2D eigenvalue weighted by Crippen LogP contribution is -2.65. The molecule has 6 heteroatoms. The molecule has 0 atom stereocenters. The van der Waals surface area contributed by atoms with Crippen LogP contribution < -0.4 is 5.32 Å². The molecule has 0 radical (unpaired) electrons. The van der Waals surface area contributed by atoms with Gasteiger partial charge in [0.1, 0.15) is 17.9 Å². The summed E-state index contributed by atoms with van der Waals surface area (Å²) < 4.78 is 12.8. The van der Waals surface area contributed by atoms with Gasteiger partial charge < -0.3 is 4.90 Å². The molecule has 0 spiro atoms. The summed E-state index contributed by atoms with van der Waals surface area (Å²) in [5, 5.41) is 2.20. The lowest BCUT2D eigenvalue weighted by molar-refractivity contribution is -0.153. The number of hydrogen-bond acceptors (Lipinski definition) is 3. The van der Waals surface area contributed by atoms with E-state index in [4.69, 9.17) is 0 Å². The summed E-state index contributed by atoms with van der Waals surface area (Å²) in [6.45, 7) is 2.96. The first-order valence-electron chi connectivity index (χ1n) is 6.40. The van der Waals surface area contributed by atoms with E-state index in [1.165, 1.54) is 41.3 Å². The van der Waals surface area contributed by atoms with Crippen LogP contribution in [-0.4, -0.2) is 34.7 Å². The second-order valence-electron chi connectivity index (χ2n) is 5.25. The molecule has 0 bridgehead atoms. The number of nitrogens with one attached hydrogen (secondary N) is 1. The molecule has 1 heterocycles. The number of amides is 3. The van der Waals surface area contributed by atoms with Gasteiger partial charge in [0, 0.05) is 6.08 Å². The van der Waals surface area contributed by atoms with Crippen molar-refractivity contribution >= 4 is 23.8 Å². The molecule has 1 fully saturated rings. The van der Waals surface area contributed by atoms with Gasteiger partial charge in [-0.15, -0.1) is 0 Å². The number of imide groups is 1. The Morgan fingerprint density at radius 1 is 1.29 bits per heavy atom. The molecule has 0 aromatic heterocycles. The molecule has 2 rings (SSSR count). The normalized spacial score (nSPS) is 18.0. The molecule has 1 N–H and O–H groups in total. The fourth-order valence-electron chi connectivity index (χ4n) is 1.97. The number of benzene rings is 1. The van der Waals surface area contributed by atoms with E-state index in [-0.39, 0.29) is 12.4 Å². The molecule has 1 aromatic rings. The molecule has 5 nitrogen and oxygen atoms in total. The Morgan fingerprint density at radius 3 is 2.52 bits per heavy atom. The van der Waals surface area contributed by atoms with Crippen molar-refractivity contribution < 1.29 is 18.8 Å². The highest BCUT2D eigenvalue weighted by atomic mass is 19.1. The Morgan fingerprint density at radius 2 is 1.90 bits per heavy atom. The van der Waals surface area contributed by atoms with Crippen molar-refractivity contribution in [3.8, 4) is 0 Å². The number of carbonyl (C=O) groups is 3. The zero-order valence-corrected chi connectivity index (χ0v) is 11.7. The van der Waals surface area contributed by atoms with E-state index < -0.39 is 23.3 Å².